The molecule has 7 heteroatoms. The standard InChI is InChI=1S/C22H19IN2O4/c1-3-11-29-19-10-7-15(13-18(19)23)12-17-20(26)24-22(28)25(21(17)27)16-8-5-14(4-2)6-9-16/h3,5-10,12-13H,1,4,11H2,2H3,(H,24,26,28)/b17-12-. The molecule has 0 saturated carbocycles. The van der Waals surface area contributed by atoms with Gasteiger partial charge in [0.1, 0.15) is 17.9 Å². The zero-order chi connectivity index (χ0) is 21.0. The van der Waals surface area contributed by atoms with E-state index in [9.17, 15) is 14.4 Å². The number of carbonyl (C=O) groups is 3. The van der Waals surface area contributed by atoms with Gasteiger partial charge < -0.3 is 4.74 Å². The fourth-order valence-corrected chi connectivity index (χ4v) is 3.51. The third-order valence-electron chi connectivity index (χ3n) is 4.33. The summed E-state index contributed by atoms with van der Waals surface area (Å²) >= 11 is 2.12. The molecular weight excluding hydrogens is 483 g/mol. The van der Waals surface area contributed by atoms with E-state index in [1.807, 2.05) is 19.1 Å². The third-order valence-corrected chi connectivity index (χ3v) is 5.17. The Morgan fingerprint density at radius 3 is 2.48 bits per heavy atom. The molecule has 148 valence electrons. The first kappa shape index (κ1) is 20.8. The summed E-state index contributed by atoms with van der Waals surface area (Å²) in [5.41, 5.74) is 2.03. The number of amides is 4. The molecule has 3 rings (SSSR count). The number of imide groups is 2. The molecule has 1 N–H and O–H groups in total. The Kier molecular flexibility index (Phi) is 6.48. The molecule has 1 heterocycles. The molecule has 0 bridgehead atoms. The number of nitrogens with one attached hydrogen (secondary N) is 1. The number of benzene rings is 2. The maximum atomic E-state index is 12.9. The molecule has 0 unspecified atom stereocenters. The van der Waals surface area contributed by atoms with E-state index >= 15 is 0 Å². The van der Waals surface area contributed by atoms with Gasteiger partial charge in [0.05, 0.1) is 9.26 Å². The lowest BCUT2D eigenvalue weighted by Gasteiger charge is -2.26. The van der Waals surface area contributed by atoms with Gasteiger partial charge in [0.15, 0.2) is 0 Å². The molecule has 4 amide bonds. The molecule has 1 fully saturated rings. The number of urea groups is 1. The first-order chi connectivity index (χ1) is 13.9. The molecule has 1 aliphatic rings. The molecular formula is C22H19IN2O4. The van der Waals surface area contributed by atoms with E-state index < -0.39 is 17.8 Å². The molecule has 0 atom stereocenters. The summed E-state index contributed by atoms with van der Waals surface area (Å²) in [6, 6.07) is 11.6. The Bertz CT molecular complexity index is 1010. The van der Waals surface area contributed by atoms with Crippen LogP contribution in [0.25, 0.3) is 6.08 Å². The third kappa shape index (κ3) is 4.56. The summed E-state index contributed by atoms with van der Waals surface area (Å²) in [4.78, 5) is 38.5. The summed E-state index contributed by atoms with van der Waals surface area (Å²) < 4.78 is 6.36. The fourth-order valence-electron chi connectivity index (χ4n) is 2.81. The molecule has 0 aromatic heterocycles. The van der Waals surface area contributed by atoms with Gasteiger partial charge in [0, 0.05) is 0 Å². The van der Waals surface area contributed by atoms with Gasteiger partial charge >= 0.3 is 6.03 Å². The van der Waals surface area contributed by atoms with Crippen molar-refractivity contribution >= 4 is 52.2 Å². The number of nitrogens with zero attached hydrogens (tertiary/aromatic N) is 1. The number of ether oxygens (including phenoxy) is 1. The summed E-state index contributed by atoms with van der Waals surface area (Å²) in [6.07, 6.45) is 3.96. The lowest BCUT2D eigenvalue weighted by atomic mass is 10.1. The van der Waals surface area contributed by atoms with E-state index in [2.05, 4.69) is 34.5 Å². The largest absolute Gasteiger partial charge is 0.488 e. The Morgan fingerprint density at radius 1 is 1.14 bits per heavy atom. The molecule has 0 spiro atoms. The van der Waals surface area contributed by atoms with Gasteiger partial charge in [-0.3, -0.25) is 14.9 Å². The van der Waals surface area contributed by atoms with E-state index in [1.54, 1.807) is 36.4 Å². The van der Waals surface area contributed by atoms with Crippen LogP contribution in [0.3, 0.4) is 0 Å². The number of rotatable bonds is 6. The van der Waals surface area contributed by atoms with Gasteiger partial charge in [-0.05, 0) is 70.5 Å². The summed E-state index contributed by atoms with van der Waals surface area (Å²) in [6.45, 7) is 6.01. The Hall–Kier alpha value is -2.94. The van der Waals surface area contributed by atoms with E-state index in [0.717, 1.165) is 20.5 Å². The van der Waals surface area contributed by atoms with Gasteiger partial charge in [-0.25, -0.2) is 9.69 Å². The van der Waals surface area contributed by atoms with Crippen molar-refractivity contribution in [2.45, 2.75) is 13.3 Å². The van der Waals surface area contributed by atoms with Crippen molar-refractivity contribution < 1.29 is 19.1 Å². The van der Waals surface area contributed by atoms with Crippen molar-refractivity contribution in [1.82, 2.24) is 5.32 Å². The normalized spacial score (nSPS) is 15.4. The SMILES string of the molecule is C=CCOc1ccc(/C=C2/C(=O)NC(=O)N(c3ccc(CC)cc3)C2=O)cc1I. The van der Waals surface area contributed by atoms with Gasteiger partial charge in [0.25, 0.3) is 11.8 Å². The van der Waals surface area contributed by atoms with E-state index in [4.69, 9.17) is 4.74 Å². The van der Waals surface area contributed by atoms with Crippen LogP contribution in [0.2, 0.25) is 0 Å². The number of carbonyl (C=O) groups excluding carboxylic acids is 3. The predicted molar refractivity (Wildman–Crippen MR) is 120 cm³/mol. The van der Waals surface area contributed by atoms with Crippen molar-refractivity contribution in [3.8, 4) is 5.75 Å². The highest BCUT2D eigenvalue weighted by Crippen LogP contribution is 2.26. The van der Waals surface area contributed by atoms with Crippen LogP contribution in [0.5, 0.6) is 5.75 Å². The second-order valence-corrected chi connectivity index (χ2v) is 7.43. The second kappa shape index (κ2) is 9.04. The minimum Gasteiger partial charge on any atom is -0.488 e. The predicted octanol–water partition coefficient (Wildman–Crippen LogP) is 4.08. The number of halogens is 1. The Balaban J connectivity index is 1.92. The van der Waals surface area contributed by atoms with Crippen LogP contribution in [0, 0.1) is 3.57 Å². The first-order valence-corrected chi connectivity index (χ1v) is 10.1. The average Bonchev–Trinajstić information content (AvgIpc) is 2.71. The number of barbiturate groups is 1. The van der Waals surface area contributed by atoms with Crippen molar-refractivity contribution in [2.75, 3.05) is 11.5 Å². The smallest absolute Gasteiger partial charge is 0.335 e. The van der Waals surface area contributed by atoms with Gasteiger partial charge in [-0.1, -0.05) is 37.8 Å². The maximum Gasteiger partial charge on any atom is 0.335 e. The van der Waals surface area contributed by atoms with Crippen molar-refractivity contribution in [3.05, 3.63) is 75.4 Å². The van der Waals surface area contributed by atoms with Crippen molar-refractivity contribution in [3.63, 3.8) is 0 Å². The molecule has 0 aliphatic carbocycles. The molecule has 1 aliphatic heterocycles. The van der Waals surface area contributed by atoms with Gasteiger partial charge in [-0.2, -0.15) is 0 Å². The lowest BCUT2D eigenvalue weighted by Crippen LogP contribution is -2.54. The van der Waals surface area contributed by atoms with Crippen LogP contribution in [0.15, 0.2) is 60.7 Å². The molecule has 2 aromatic carbocycles. The second-order valence-electron chi connectivity index (χ2n) is 6.27. The van der Waals surface area contributed by atoms with Gasteiger partial charge in [-0.15, -0.1) is 0 Å². The van der Waals surface area contributed by atoms with Crippen molar-refractivity contribution in [2.24, 2.45) is 0 Å². The van der Waals surface area contributed by atoms with E-state index in [1.165, 1.54) is 6.08 Å². The highest BCUT2D eigenvalue weighted by atomic mass is 127. The number of anilines is 1. The molecule has 1 saturated heterocycles. The minimum atomic E-state index is -0.760. The summed E-state index contributed by atoms with van der Waals surface area (Å²) in [7, 11) is 0. The zero-order valence-electron chi connectivity index (χ0n) is 15.8. The number of hydrogen-bond donors (Lipinski definition) is 1. The lowest BCUT2D eigenvalue weighted by molar-refractivity contribution is -0.122. The van der Waals surface area contributed by atoms with Crippen LogP contribution in [-0.4, -0.2) is 24.5 Å². The maximum absolute atomic E-state index is 12.9. The van der Waals surface area contributed by atoms with Gasteiger partial charge in [0.2, 0.25) is 0 Å². The van der Waals surface area contributed by atoms with Crippen molar-refractivity contribution in [1.29, 1.82) is 0 Å². The topological polar surface area (TPSA) is 75.7 Å². The van der Waals surface area contributed by atoms with E-state index in [0.29, 0.717) is 23.6 Å². The number of aryl methyl sites for hydroxylation is 1. The molecule has 29 heavy (non-hydrogen) atoms. The fraction of sp³-hybridized carbons (Fsp3) is 0.136. The van der Waals surface area contributed by atoms with E-state index in [-0.39, 0.29) is 5.57 Å². The summed E-state index contributed by atoms with van der Waals surface area (Å²) in [5.74, 6) is -0.701. The average molecular weight is 502 g/mol. The zero-order valence-corrected chi connectivity index (χ0v) is 17.9. The number of hydrogen-bond acceptors (Lipinski definition) is 4. The Labute approximate surface area is 182 Å². The monoisotopic (exact) mass is 502 g/mol. The van der Waals surface area contributed by atoms with Crippen LogP contribution >= 0.6 is 22.6 Å². The summed E-state index contributed by atoms with van der Waals surface area (Å²) in [5, 5.41) is 2.23. The quantitative estimate of drug-likeness (QED) is 0.280. The molecule has 0 radical (unpaired) electrons. The van der Waals surface area contributed by atoms with Crippen LogP contribution < -0.4 is 15.0 Å². The highest BCUT2D eigenvalue weighted by molar-refractivity contribution is 14.1. The molecule has 6 nitrogen and oxygen atoms in total. The minimum absolute atomic E-state index is 0.111. The highest BCUT2D eigenvalue weighted by Gasteiger charge is 2.36. The van der Waals surface area contributed by atoms with Crippen LogP contribution in [0.1, 0.15) is 18.1 Å². The van der Waals surface area contributed by atoms with Crippen LogP contribution in [0.4, 0.5) is 10.5 Å². The Morgan fingerprint density at radius 2 is 1.86 bits per heavy atom. The molecule has 2 aromatic rings. The van der Waals surface area contributed by atoms with Crippen LogP contribution in [-0.2, 0) is 16.0 Å². The first-order valence-electron chi connectivity index (χ1n) is 8.98.